The lowest BCUT2D eigenvalue weighted by Gasteiger charge is -2.31. The first-order valence-electron chi connectivity index (χ1n) is 9.58. The second kappa shape index (κ2) is 12.5. The van der Waals surface area contributed by atoms with Gasteiger partial charge in [-0.05, 0) is 36.8 Å². The lowest BCUT2D eigenvalue weighted by atomic mass is 9.77. The Morgan fingerprint density at radius 3 is 1.76 bits per heavy atom. The maximum Gasteiger partial charge on any atom is -0.00154 e. The molecule has 0 heterocycles. The van der Waals surface area contributed by atoms with Gasteiger partial charge in [0, 0.05) is 0 Å². The maximum absolute atomic E-state index is 3.67. The van der Waals surface area contributed by atoms with Crippen LogP contribution in [0.15, 0.2) is 0 Å². The average Bonchev–Trinajstić information content (AvgIpc) is 2.38. The molecule has 0 radical (unpaired) electrons. The van der Waals surface area contributed by atoms with Crippen LogP contribution in [-0.4, -0.2) is 13.1 Å². The summed E-state index contributed by atoms with van der Waals surface area (Å²) in [5.41, 5.74) is 0.436. The van der Waals surface area contributed by atoms with Crippen LogP contribution in [0.4, 0.5) is 0 Å². The quantitative estimate of drug-likeness (QED) is 0.386. The molecular weight excluding hydrogens is 254 g/mol. The topological polar surface area (TPSA) is 12.0 Å². The minimum Gasteiger partial charge on any atom is -0.316 e. The van der Waals surface area contributed by atoms with Crippen LogP contribution in [0.1, 0.15) is 99.3 Å². The van der Waals surface area contributed by atoms with E-state index in [0.29, 0.717) is 5.41 Å². The van der Waals surface area contributed by atoms with Crippen molar-refractivity contribution < 1.29 is 0 Å². The second-order valence-corrected chi connectivity index (χ2v) is 8.38. The van der Waals surface area contributed by atoms with Gasteiger partial charge in [0.15, 0.2) is 0 Å². The van der Waals surface area contributed by atoms with Gasteiger partial charge < -0.3 is 5.32 Å². The fraction of sp³-hybridized carbons (Fsp3) is 1.00. The number of nitrogens with one attached hydrogen (secondary N) is 1. The Hall–Kier alpha value is -0.0400. The van der Waals surface area contributed by atoms with Crippen molar-refractivity contribution in [1.82, 2.24) is 5.32 Å². The molecular formula is C20H43N. The molecule has 0 spiro atoms. The van der Waals surface area contributed by atoms with E-state index in [-0.39, 0.29) is 0 Å². The zero-order valence-corrected chi connectivity index (χ0v) is 15.9. The van der Waals surface area contributed by atoms with E-state index in [1.165, 1.54) is 64.3 Å². The Morgan fingerprint density at radius 1 is 0.762 bits per heavy atom. The van der Waals surface area contributed by atoms with Gasteiger partial charge in [-0.15, -0.1) is 0 Å². The molecule has 0 aliphatic heterocycles. The predicted octanol–water partition coefficient (Wildman–Crippen LogP) is 6.43. The van der Waals surface area contributed by atoms with Crippen LogP contribution in [0.2, 0.25) is 0 Å². The van der Waals surface area contributed by atoms with Crippen LogP contribution in [0.3, 0.4) is 0 Å². The van der Waals surface area contributed by atoms with E-state index in [9.17, 15) is 0 Å². The van der Waals surface area contributed by atoms with E-state index < -0.39 is 0 Å². The molecule has 0 aliphatic carbocycles. The molecule has 0 fully saturated rings. The first-order chi connectivity index (χ1) is 9.88. The Kier molecular flexibility index (Phi) is 12.5. The van der Waals surface area contributed by atoms with E-state index in [1.54, 1.807) is 0 Å². The van der Waals surface area contributed by atoms with Crippen molar-refractivity contribution in [2.24, 2.45) is 17.3 Å². The van der Waals surface area contributed by atoms with E-state index in [4.69, 9.17) is 0 Å². The molecule has 0 saturated carbocycles. The Morgan fingerprint density at radius 2 is 1.29 bits per heavy atom. The summed E-state index contributed by atoms with van der Waals surface area (Å²) in [5, 5.41) is 3.67. The largest absolute Gasteiger partial charge is 0.316 e. The standard InChI is InChI=1S/C20H43N/c1-7-8-9-10-11-12-13-14-15-19(20(4,5)6)17-21-16-18(2)3/h18-19,21H,7-17H2,1-6H3. The Balaban J connectivity index is 3.72. The third kappa shape index (κ3) is 13.4. The van der Waals surface area contributed by atoms with Gasteiger partial charge in [-0.3, -0.25) is 0 Å². The molecule has 0 amide bonds. The van der Waals surface area contributed by atoms with Crippen LogP contribution < -0.4 is 5.32 Å². The monoisotopic (exact) mass is 297 g/mol. The third-order valence-electron chi connectivity index (χ3n) is 4.57. The molecule has 0 aromatic carbocycles. The summed E-state index contributed by atoms with van der Waals surface area (Å²) in [4.78, 5) is 0. The summed E-state index contributed by atoms with van der Waals surface area (Å²) in [5.74, 6) is 1.57. The van der Waals surface area contributed by atoms with Crippen LogP contribution >= 0.6 is 0 Å². The average molecular weight is 298 g/mol. The maximum atomic E-state index is 3.67. The van der Waals surface area contributed by atoms with Crippen LogP contribution in [-0.2, 0) is 0 Å². The minimum absolute atomic E-state index is 0.436. The van der Waals surface area contributed by atoms with Crippen molar-refractivity contribution in [3.63, 3.8) is 0 Å². The molecule has 0 aromatic heterocycles. The molecule has 0 aliphatic rings. The Labute approximate surface area is 135 Å². The van der Waals surface area contributed by atoms with Crippen molar-refractivity contribution in [1.29, 1.82) is 0 Å². The molecule has 128 valence electrons. The van der Waals surface area contributed by atoms with Gasteiger partial charge in [-0.1, -0.05) is 92.9 Å². The zero-order chi connectivity index (χ0) is 16.1. The van der Waals surface area contributed by atoms with E-state index in [2.05, 4.69) is 46.9 Å². The molecule has 1 heteroatoms. The van der Waals surface area contributed by atoms with Gasteiger partial charge in [-0.25, -0.2) is 0 Å². The van der Waals surface area contributed by atoms with E-state index >= 15 is 0 Å². The lowest BCUT2D eigenvalue weighted by molar-refractivity contribution is 0.211. The second-order valence-electron chi connectivity index (χ2n) is 8.38. The zero-order valence-electron chi connectivity index (χ0n) is 15.9. The molecule has 1 atom stereocenters. The lowest BCUT2D eigenvalue weighted by Crippen LogP contribution is -2.33. The first-order valence-corrected chi connectivity index (χ1v) is 9.58. The summed E-state index contributed by atoms with van der Waals surface area (Å²) in [7, 11) is 0. The van der Waals surface area contributed by atoms with Gasteiger partial charge in [0.2, 0.25) is 0 Å². The third-order valence-corrected chi connectivity index (χ3v) is 4.57. The number of hydrogen-bond acceptors (Lipinski definition) is 1. The summed E-state index contributed by atoms with van der Waals surface area (Å²) < 4.78 is 0. The summed E-state index contributed by atoms with van der Waals surface area (Å²) in [6.45, 7) is 16.4. The molecule has 1 N–H and O–H groups in total. The van der Waals surface area contributed by atoms with E-state index in [1.807, 2.05) is 0 Å². The normalized spacial score (nSPS) is 13.9. The number of hydrogen-bond donors (Lipinski definition) is 1. The SMILES string of the molecule is CCCCCCCCCCC(CNCC(C)C)C(C)(C)C. The molecule has 0 saturated heterocycles. The molecule has 21 heavy (non-hydrogen) atoms. The van der Waals surface area contributed by atoms with Gasteiger partial charge in [-0.2, -0.15) is 0 Å². The molecule has 1 unspecified atom stereocenters. The highest BCUT2D eigenvalue weighted by Crippen LogP contribution is 2.30. The van der Waals surface area contributed by atoms with Gasteiger partial charge in [0.25, 0.3) is 0 Å². The number of rotatable bonds is 13. The summed E-state index contributed by atoms with van der Waals surface area (Å²) in [6, 6.07) is 0. The summed E-state index contributed by atoms with van der Waals surface area (Å²) in [6.07, 6.45) is 12.8. The Bertz CT molecular complexity index is 214. The highest BCUT2D eigenvalue weighted by molar-refractivity contribution is 4.76. The van der Waals surface area contributed by atoms with E-state index in [0.717, 1.165) is 18.4 Å². The van der Waals surface area contributed by atoms with Crippen molar-refractivity contribution >= 4 is 0 Å². The number of unbranched alkanes of at least 4 members (excludes halogenated alkanes) is 7. The fourth-order valence-corrected chi connectivity index (χ4v) is 2.91. The summed E-state index contributed by atoms with van der Waals surface area (Å²) >= 11 is 0. The van der Waals surface area contributed by atoms with Crippen molar-refractivity contribution in [3.8, 4) is 0 Å². The highest BCUT2D eigenvalue weighted by Gasteiger charge is 2.23. The molecule has 0 aromatic rings. The highest BCUT2D eigenvalue weighted by atomic mass is 14.9. The van der Waals surface area contributed by atoms with Crippen molar-refractivity contribution in [2.75, 3.05) is 13.1 Å². The first kappa shape index (κ1) is 21.0. The van der Waals surface area contributed by atoms with Crippen LogP contribution in [0, 0.1) is 17.3 Å². The predicted molar refractivity (Wildman–Crippen MR) is 97.9 cm³/mol. The smallest absolute Gasteiger partial charge is 0.00154 e. The van der Waals surface area contributed by atoms with Gasteiger partial charge in [0.05, 0.1) is 0 Å². The van der Waals surface area contributed by atoms with Crippen LogP contribution in [0.25, 0.3) is 0 Å². The molecule has 0 bridgehead atoms. The van der Waals surface area contributed by atoms with Crippen molar-refractivity contribution in [2.45, 2.75) is 99.3 Å². The van der Waals surface area contributed by atoms with Crippen molar-refractivity contribution in [3.05, 3.63) is 0 Å². The molecule has 1 nitrogen and oxygen atoms in total. The van der Waals surface area contributed by atoms with Crippen LogP contribution in [0.5, 0.6) is 0 Å². The molecule has 0 rings (SSSR count). The fourth-order valence-electron chi connectivity index (χ4n) is 2.91. The van der Waals surface area contributed by atoms with Gasteiger partial charge in [0.1, 0.15) is 0 Å². The van der Waals surface area contributed by atoms with Gasteiger partial charge >= 0.3 is 0 Å². The minimum atomic E-state index is 0.436.